The van der Waals surface area contributed by atoms with Crippen LogP contribution in [0.25, 0.3) is 11.1 Å². The summed E-state index contributed by atoms with van der Waals surface area (Å²) in [7, 11) is -3.63. The van der Waals surface area contributed by atoms with Crippen LogP contribution in [0.2, 0.25) is 0 Å². The van der Waals surface area contributed by atoms with Crippen molar-refractivity contribution in [3.05, 3.63) is 84.4 Å². The van der Waals surface area contributed by atoms with Gasteiger partial charge in [-0.2, -0.15) is 5.26 Å². The summed E-state index contributed by atoms with van der Waals surface area (Å²) >= 11 is 0. The fraction of sp³-hybridized carbons (Fsp3) is 0.208. The number of anilines is 1. The fourth-order valence-electron chi connectivity index (χ4n) is 3.84. The average Bonchev–Trinajstić information content (AvgIpc) is 2.80. The van der Waals surface area contributed by atoms with E-state index in [4.69, 9.17) is 5.26 Å². The Kier molecular flexibility index (Phi) is 5.84. The highest BCUT2D eigenvalue weighted by Crippen LogP contribution is 2.28. The molecule has 0 aromatic heterocycles. The molecule has 6 heteroatoms. The van der Waals surface area contributed by atoms with Gasteiger partial charge in [-0.1, -0.05) is 48.5 Å². The number of rotatable bonds is 5. The second-order valence-electron chi connectivity index (χ2n) is 7.40. The van der Waals surface area contributed by atoms with E-state index in [0.29, 0.717) is 16.0 Å². The molecule has 0 spiro atoms. The van der Waals surface area contributed by atoms with Gasteiger partial charge >= 0.3 is 0 Å². The highest BCUT2D eigenvalue weighted by atomic mass is 32.2. The molecule has 3 aromatic carbocycles. The number of sulfonamides is 1. The molecule has 1 N–H and O–H groups in total. The van der Waals surface area contributed by atoms with E-state index in [1.165, 1.54) is 0 Å². The van der Waals surface area contributed by atoms with Crippen LogP contribution < -0.4 is 9.62 Å². The van der Waals surface area contributed by atoms with Gasteiger partial charge in [0.25, 0.3) is 0 Å². The van der Waals surface area contributed by atoms with Gasteiger partial charge in [0.05, 0.1) is 16.5 Å². The fourth-order valence-corrected chi connectivity index (χ4v) is 5.38. The van der Waals surface area contributed by atoms with Gasteiger partial charge in [-0.15, -0.1) is 0 Å². The Morgan fingerprint density at radius 2 is 1.50 bits per heavy atom. The molecule has 4 rings (SSSR count). The van der Waals surface area contributed by atoms with Gasteiger partial charge in [-0.3, -0.25) is 0 Å². The lowest BCUT2D eigenvalue weighted by atomic mass is 10.1. The number of benzene rings is 3. The van der Waals surface area contributed by atoms with E-state index in [0.717, 1.165) is 37.2 Å². The van der Waals surface area contributed by atoms with Gasteiger partial charge in [-0.25, -0.2) is 13.1 Å². The smallest absolute Gasteiger partial charge is 0.241 e. The minimum atomic E-state index is -3.63. The topological polar surface area (TPSA) is 73.2 Å². The minimum Gasteiger partial charge on any atom is -0.371 e. The Hall–Kier alpha value is -3.14. The predicted molar refractivity (Wildman–Crippen MR) is 119 cm³/mol. The number of piperidine rings is 1. The van der Waals surface area contributed by atoms with Crippen molar-refractivity contribution in [2.75, 3.05) is 18.0 Å². The van der Waals surface area contributed by atoms with Crippen molar-refractivity contribution in [1.82, 2.24) is 4.72 Å². The monoisotopic (exact) mass is 417 g/mol. The maximum absolute atomic E-state index is 13.2. The third-order valence-corrected chi connectivity index (χ3v) is 7.02. The molecular weight excluding hydrogens is 394 g/mol. The first-order chi connectivity index (χ1) is 14.6. The molecule has 0 bridgehead atoms. The Morgan fingerprint density at radius 3 is 2.17 bits per heavy atom. The molecule has 0 saturated carbocycles. The predicted octanol–water partition coefficient (Wildman–Crippen LogP) is 4.17. The normalized spacial score (nSPS) is 15.0. The van der Waals surface area contributed by atoms with Crippen molar-refractivity contribution in [3.63, 3.8) is 0 Å². The third-order valence-electron chi connectivity index (χ3n) is 5.44. The lowest BCUT2D eigenvalue weighted by molar-refractivity contribution is 0.460. The third kappa shape index (κ3) is 4.38. The summed E-state index contributed by atoms with van der Waals surface area (Å²) in [6, 6.07) is 26.2. The zero-order chi connectivity index (χ0) is 21.0. The highest BCUT2D eigenvalue weighted by molar-refractivity contribution is 7.89. The van der Waals surface area contributed by atoms with Crippen LogP contribution in [0, 0.1) is 11.3 Å². The largest absolute Gasteiger partial charge is 0.371 e. The molecule has 1 saturated heterocycles. The van der Waals surface area contributed by atoms with Crippen molar-refractivity contribution < 1.29 is 8.42 Å². The van der Waals surface area contributed by atoms with Crippen LogP contribution in [0.5, 0.6) is 0 Å². The van der Waals surface area contributed by atoms with Gasteiger partial charge in [0.2, 0.25) is 10.0 Å². The van der Waals surface area contributed by atoms with Crippen LogP contribution in [-0.4, -0.2) is 27.5 Å². The van der Waals surface area contributed by atoms with E-state index < -0.39 is 10.0 Å². The van der Waals surface area contributed by atoms with Crippen LogP contribution in [0.1, 0.15) is 18.4 Å². The summed E-state index contributed by atoms with van der Waals surface area (Å²) < 4.78 is 29.2. The molecule has 1 aliphatic heterocycles. The second kappa shape index (κ2) is 8.70. The molecule has 1 fully saturated rings. The zero-order valence-corrected chi connectivity index (χ0v) is 17.3. The Labute approximate surface area is 177 Å². The molecule has 0 atom stereocenters. The van der Waals surface area contributed by atoms with E-state index in [1.807, 2.05) is 66.7 Å². The molecule has 5 nitrogen and oxygen atoms in total. The summed E-state index contributed by atoms with van der Waals surface area (Å²) in [5.74, 6) is 0. The van der Waals surface area contributed by atoms with Crippen molar-refractivity contribution in [2.24, 2.45) is 0 Å². The molecule has 30 heavy (non-hydrogen) atoms. The highest BCUT2D eigenvalue weighted by Gasteiger charge is 2.26. The van der Waals surface area contributed by atoms with Crippen LogP contribution >= 0.6 is 0 Å². The number of nitrogens with one attached hydrogen (secondary N) is 1. The SMILES string of the molecule is N#Cc1ccc(N2CCC(NS(=O)(=O)c3ccccc3-c3ccccc3)CC2)cc1. The minimum absolute atomic E-state index is 0.103. The van der Waals surface area contributed by atoms with Crippen LogP contribution in [-0.2, 0) is 10.0 Å². The first kappa shape index (κ1) is 20.1. The summed E-state index contributed by atoms with van der Waals surface area (Å²) in [5.41, 5.74) is 3.29. The van der Waals surface area contributed by atoms with Gasteiger partial charge in [0.15, 0.2) is 0 Å². The number of nitrogens with zero attached hydrogens (tertiary/aromatic N) is 2. The van der Waals surface area contributed by atoms with Crippen molar-refractivity contribution in [1.29, 1.82) is 5.26 Å². The molecule has 0 amide bonds. The van der Waals surface area contributed by atoms with Crippen LogP contribution in [0.15, 0.2) is 83.8 Å². The molecular formula is C24H23N3O2S. The van der Waals surface area contributed by atoms with E-state index in [9.17, 15) is 8.42 Å². The summed E-state index contributed by atoms with van der Waals surface area (Å²) in [5, 5.41) is 8.94. The van der Waals surface area contributed by atoms with E-state index in [-0.39, 0.29) is 6.04 Å². The molecule has 0 unspecified atom stereocenters. The average molecular weight is 418 g/mol. The molecule has 0 aliphatic carbocycles. The molecule has 3 aromatic rings. The zero-order valence-electron chi connectivity index (χ0n) is 16.5. The maximum atomic E-state index is 13.2. The second-order valence-corrected chi connectivity index (χ2v) is 9.09. The maximum Gasteiger partial charge on any atom is 0.241 e. The molecule has 1 heterocycles. The molecule has 0 radical (unpaired) electrons. The summed E-state index contributed by atoms with van der Waals surface area (Å²) in [6.45, 7) is 1.53. The molecule has 1 aliphatic rings. The Bertz CT molecular complexity index is 1150. The van der Waals surface area contributed by atoms with E-state index >= 15 is 0 Å². The number of nitriles is 1. The first-order valence-electron chi connectivity index (χ1n) is 9.99. The summed E-state index contributed by atoms with van der Waals surface area (Å²) in [4.78, 5) is 2.54. The standard InChI is InChI=1S/C24H23N3O2S/c25-18-19-10-12-22(13-11-19)27-16-14-21(15-17-27)26-30(28,29)24-9-5-4-8-23(24)20-6-2-1-3-7-20/h1-13,21,26H,14-17H2. The Morgan fingerprint density at radius 1 is 0.867 bits per heavy atom. The summed E-state index contributed by atoms with van der Waals surface area (Å²) in [6.07, 6.45) is 1.46. The van der Waals surface area contributed by atoms with Crippen molar-refractivity contribution in [3.8, 4) is 17.2 Å². The first-order valence-corrected chi connectivity index (χ1v) is 11.5. The van der Waals surface area contributed by atoms with E-state index in [1.54, 1.807) is 12.1 Å². The quantitative estimate of drug-likeness (QED) is 0.676. The molecule has 152 valence electrons. The van der Waals surface area contributed by atoms with Crippen LogP contribution in [0.4, 0.5) is 5.69 Å². The van der Waals surface area contributed by atoms with Gasteiger partial charge < -0.3 is 4.90 Å². The lowest BCUT2D eigenvalue weighted by Crippen LogP contribution is -2.44. The number of hydrogen-bond acceptors (Lipinski definition) is 4. The van der Waals surface area contributed by atoms with Gasteiger partial charge in [0.1, 0.15) is 0 Å². The van der Waals surface area contributed by atoms with E-state index in [2.05, 4.69) is 15.7 Å². The van der Waals surface area contributed by atoms with Gasteiger partial charge in [0, 0.05) is 30.4 Å². The van der Waals surface area contributed by atoms with Crippen molar-refractivity contribution >= 4 is 15.7 Å². The van der Waals surface area contributed by atoms with Crippen molar-refractivity contribution in [2.45, 2.75) is 23.8 Å². The van der Waals surface area contributed by atoms with Gasteiger partial charge in [-0.05, 0) is 48.7 Å². The van der Waals surface area contributed by atoms with Crippen LogP contribution in [0.3, 0.4) is 0 Å². The lowest BCUT2D eigenvalue weighted by Gasteiger charge is -2.34. The number of hydrogen-bond donors (Lipinski definition) is 1. The Balaban J connectivity index is 1.46.